The molecule has 3 aromatic rings. The number of aromatic nitrogens is 1. The lowest BCUT2D eigenvalue weighted by Crippen LogP contribution is -2.32. The zero-order valence-corrected chi connectivity index (χ0v) is 19.8. The molecule has 0 spiro atoms. The molecule has 0 radical (unpaired) electrons. The van der Waals surface area contributed by atoms with E-state index in [2.05, 4.69) is 9.71 Å². The van der Waals surface area contributed by atoms with E-state index in [0.29, 0.717) is 23.5 Å². The van der Waals surface area contributed by atoms with Crippen LogP contribution in [0.4, 0.5) is 0 Å². The average Bonchev–Trinajstić information content (AvgIpc) is 2.77. The first-order valence-corrected chi connectivity index (χ1v) is 13.1. The van der Waals surface area contributed by atoms with E-state index in [0.717, 1.165) is 5.56 Å². The Morgan fingerprint density at radius 3 is 2.31 bits per heavy atom. The van der Waals surface area contributed by atoms with Gasteiger partial charge in [-0.2, -0.15) is 0 Å². The molecular weight excluding hydrogens is 448 g/mol. The molecule has 0 aliphatic heterocycles. The van der Waals surface area contributed by atoms with E-state index >= 15 is 0 Å². The maximum Gasteiger partial charge on any atom is 0.240 e. The lowest BCUT2D eigenvalue weighted by Gasteiger charge is -2.19. The van der Waals surface area contributed by atoms with Crippen molar-refractivity contribution in [2.75, 3.05) is 13.2 Å². The lowest BCUT2D eigenvalue weighted by molar-refractivity contribution is 0.340. The van der Waals surface area contributed by atoms with Crippen LogP contribution in [0.2, 0.25) is 0 Å². The van der Waals surface area contributed by atoms with Gasteiger partial charge in [0, 0.05) is 18.9 Å². The largest absolute Gasteiger partial charge is 0.494 e. The van der Waals surface area contributed by atoms with Crippen molar-refractivity contribution in [1.29, 1.82) is 0 Å². The zero-order valence-electron chi connectivity index (χ0n) is 18.1. The molecule has 1 atom stereocenters. The van der Waals surface area contributed by atoms with Crippen molar-refractivity contribution in [3.05, 3.63) is 83.7 Å². The molecule has 0 fully saturated rings. The number of hydrogen-bond acceptors (Lipinski definition) is 6. The van der Waals surface area contributed by atoms with Gasteiger partial charge in [-0.1, -0.05) is 18.2 Å². The molecule has 2 aromatic carbocycles. The van der Waals surface area contributed by atoms with Crippen molar-refractivity contribution in [3.8, 4) is 5.75 Å². The number of nitrogens with one attached hydrogen (secondary N) is 1. The molecule has 0 amide bonds. The standard InChI is InChI=1S/C23H26N2O5S2/c1-4-30-20-10-12-21(13-11-20)31(26,27)23(19-8-6-14-24-15-19)16-25-32(28,29)22-9-5-7-17(2)18(22)3/h5-15,23,25H,4,16H2,1-3H3. The van der Waals surface area contributed by atoms with Crippen LogP contribution in [0.15, 0.2) is 76.8 Å². The molecule has 0 saturated heterocycles. The van der Waals surface area contributed by atoms with Crippen LogP contribution in [-0.4, -0.2) is 35.0 Å². The van der Waals surface area contributed by atoms with E-state index in [9.17, 15) is 16.8 Å². The highest BCUT2D eigenvalue weighted by Crippen LogP contribution is 2.30. The Bertz CT molecular complexity index is 1270. The number of benzene rings is 2. The first-order valence-electron chi connectivity index (χ1n) is 10.1. The van der Waals surface area contributed by atoms with Gasteiger partial charge in [0.15, 0.2) is 9.84 Å². The summed E-state index contributed by atoms with van der Waals surface area (Å²) in [5.41, 5.74) is 1.84. The van der Waals surface area contributed by atoms with Crippen molar-refractivity contribution >= 4 is 19.9 Å². The molecule has 0 aliphatic carbocycles. The number of nitrogens with zero attached hydrogens (tertiary/aromatic N) is 1. The molecule has 0 aliphatic rings. The van der Waals surface area contributed by atoms with E-state index in [1.54, 1.807) is 37.3 Å². The fourth-order valence-electron chi connectivity index (χ4n) is 3.31. The number of pyridine rings is 1. The van der Waals surface area contributed by atoms with Gasteiger partial charge in [-0.25, -0.2) is 21.6 Å². The van der Waals surface area contributed by atoms with Gasteiger partial charge >= 0.3 is 0 Å². The molecule has 1 heterocycles. The second kappa shape index (κ2) is 9.81. The Labute approximate surface area is 189 Å². The van der Waals surface area contributed by atoms with Crippen molar-refractivity contribution in [2.45, 2.75) is 35.8 Å². The molecule has 32 heavy (non-hydrogen) atoms. The summed E-state index contributed by atoms with van der Waals surface area (Å²) in [6.07, 6.45) is 2.97. The zero-order chi connectivity index (χ0) is 23.4. The highest BCUT2D eigenvalue weighted by atomic mass is 32.2. The lowest BCUT2D eigenvalue weighted by atomic mass is 10.1. The Balaban J connectivity index is 1.96. The van der Waals surface area contributed by atoms with Crippen molar-refractivity contribution in [3.63, 3.8) is 0 Å². The minimum absolute atomic E-state index is 0.0701. The molecular formula is C23H26N2O5S2. The molecule has 0 bridgehead atoms. The normalized spacial score (nSPS) is 13.0. The Hall–Kier alpha value is -2.75. The summed E-state index contributed by atoms with van der Waals surface area (Å²) < 4.78 is 60.8. The monoisotopic (exact) mass is 474 g/mol. The predicted octanol–water partition coefficient (Wildman–Crippen LogP) is 3.59. The summed E-state index contributed by atoms with van der Waals surface area (Å²) in [6.45, 7) is 5.51. The fourth-order valence-corrected chi connectivity index (χ4v) is 6.42. The summed E-state index contributed by atoms with van der Waals surface area (Å²) in [5, 5.41) is -1.16. The van der Waals surface area contributed by atoms with Crippen LogP contribution in [0.5, 0.6) is 5.75 Å². The third-order valence-corrected chi connectivity index (χ3v) is 8.88. The van der Waals surface area contributed by atoms with Crippen LogP contribution in [0.3, 0.4) is 0 Å². The van der Waals surface area contributed by atoms with E-state index in [-0.39, 0.29) is 16.3 Å². The van der Waals surface area contributed by atoms with E-state index in [4.69, 9.17) is 4.74 Å². The quantitative estimate of drug-likeness (QED) is 0.508. The van der Waals surface area contributed by atoms with Crippen LogP contribution in [0.25, 0.3) is 0 Å². The highest BCUT2D eigenvalue weighted by molar-refractivity contribution is 7.92. The molecule has 1 N–H and O–H groups in total. The van der Waals surface area contributed by atoms with Crippen molar-refractivity contribution in [2.24, 2.45) is 0 Å². The van der Waals surface area contributed by atoms with Gasteiger partial charge in [0.1, 0.15) is 11.0 Å². The number of aryl methyl sites for hydroxylation is 1. The number of hydrogen-bond donors (Lipinski definition) is 1. The summed E-state index contributed by atoms with van der Waals surface area (Å²) in [6, 6.07) is 14.3. The minimum atomic E-state index is -3.93. The van der Waals surface area contributed by atoms with Crippen molar-refractivity contribution < 1.29 is 21.6 Å². The Morgan fingerprint density at radius 2 is 1.69 bits per heavy atom. The molecule has 1 unspecified atom stereocenters. The fraction of sp³-hybridized carbons (Fsp3) is 0.261. The number of sulfone groups is 1. The first kappa shape index (κ1) is 23.9. The van der Waals surface area contributed by atoms with Gasteiger partial charge in [-0.3, -0.25) is 4.98 Å². The second-order valence-electron chi connectivity index (χ2n) is 7.27. The number of sulfonamides is 1. The van der Waals surface area contributed by atoms with E-state index < -0.39 is 25.1 Å². The second-order valence-corrected chi connectivity index (χ2v) is 11.1. The third kappa shape index (κ3) is 5.17. The summed E-state index contributed by atoms with van der Waals surface area (Å²) in [7, 11) is -7.86. The van der Waals surface area contributed by atoms with Gasteiger partial charge in [0.25, 0.3) is 0 Å². The van der Waals surface area contributed by atoms with Crippen LogP contribution < -0.4 is 9.46 Å². The van der Waals surface area contributed by atoms with E-state index in [1.165, 1.54) is 30.6 Å². The summed E-state index contributed by atoms with van der Waals surface area (Å²) >= 11 is 0. The highest BCUT2D eigenvalue weighted by Gasteiger charge is 2.31. The van der Waals surface area contributed by atoms with Gasteiger partial charge in [-0.05, 0) is 73.9 Å². The van der Waals surface area contributed by atoms with Gasteiger partial charge in [0.05, 0.1) is 16.4 Å². The van der Waals surface area contributed by atoms with Gasteiger partial charge < -0.3 is 4.74 Å². The average molecular weight is 475 g/mol. The maximum absolute atomic E-state index is 13.5. The molecule has 170 valence electrons. The first-order chi connectivity index (χ1) is 15.2. The smallest absolute Gasteiger partial charge is 0.240 e. The summed E-state index contributed by atoms with van der Waals surface area (Å²) in [4.78, 5) is 4.21. The summed E-state index contributed by atoms with van der Waals surface area (Å²) in [5.74, 6) is 0.556. The Morgan fingerprint density at radius 1 is 0.969 bits per heavy atom. The van der Waals surface area contributed by atoms with Gasteiger partial charge in [-0.15, -0.1) is 0 Å². The third-order valence-electron chi connectivity index (χ3n) is 5.20. The van der Waals surface area contributed by atoms with Crippen LogP contribution in [-0.2, 0) is 19.9 Å². The van der Waals surface area contributed by atoms with E-state index in [1.807, 2.05) is 19.9 Å². The molecule has 0 saturated carbocycles. The molecule has 3 rings (SSSR count). The number of rotatable bonds is 9. The van der Waals surface area contributed by atoms with Crippen LogP contribution in [0, 0.1) is 13.8 Å². The molecule has 7 nitrogen and oxygen atoms in total. The number of ether oxygens (including phenoxy) is 1. The van der Waals surface area contributed by atoms with Crippen LogP contribution >= 0.6 is 0 Å². The minimum Gasteiger partial charge on any atom is -0.494 e. The molecule has 9 heteroatoms. The van der Waals surface area contributed by atoms with Gasteiger partial charge in [0.2, 0.25) is 10.0 Å². The van der Waals surface area contributed by atoms with Crippen LogP contribution in [0.1, 0.15) is 28.9 Å². The molecule has 1 aromatic heterocycles. The predicted molar refractivity (Wildman–Crippen MR) is 123 cm³/mol. The SMILES string of the molecule is CCOc1ccc(S(=O)(=O)C(CNS(=O)(=O)c2cccc(C)c2C)c2cccnc2)cc1. The topological polar surface area (TPSA) is 102 Å². The maximum atomic E-state index is 13.5. The Kier molecular flexibility index (Phi) is 7.33. The van der Waals surface area contributed by atoms with Crippen molar-refractivity contribution in [1.82, 2.24) is 9.71 Å².